The Morgan fingerprint density at radius 1 is 1.44 bits per heavy atom. The lowest BCUT2D eigenvalue weighted by Gasteiger charge is -1.98. The van der Waals surface area contributed by atoms with Crippen molar-refractivity contribution in [2.75, 3.05) is 5.75 Å². The average molecular weight is 144 g/mol. The minimum atomic E-state index is 1.12. The number of allylic oxidation sites excluding steroid dienone is 1. The molecule has 0 bridgehead atoms. The summed E-state index contributed by atoms with van der Waals surface area (Å²) in [5.41, 5.74) is 0. The number of unbranched alkanes of at least 4 members (excludes halogenated alkanes) is 1. The van der Waals surface area contributed by atoms with Gasteiger partial charge < -0.3 is 0 Å². The summed E-state index contributed by atoms with van der Waals surface area (Å²) in [5.74, 6) is 1.25. The normalized spacial score (nSPS) is 9.56. The highest BCUT2D eigenvalue weighted by Crippen LogP contribution is 2.17. The second-order valence-electron chi connectivity index (χ2n) is 2.09. The zero-order valence-electron chi connectivity index (χ0n) is 6.44. The molecule has 0 aromatic rings. The minimum Gasteiger partial charge on any atom is -0.131 e. The molecule has 0 aromatic heterocycles. The zero-order chi connectivity index (χ0) is 7.11. The van der Waals surface area contributed by atoms with Crippen LogP contribution in [0.3, 0.4) is 0 Å². The first-order valence-electron chi connectivity index (χ1n) is 3.61. The van der Waals surface area contributed by atoms with Crippen molar-refractivity contribution in [2.45, 2.75) is 33.1 Å². The summed E-state index contributed by atoms with van der Waals surface area (Å²) in [7, 11) is 0. The van der Waals surface area contributed by atoms with E-state index in [2.05, 4.69) is 20.4 Å². The van der Waals surface area contributed by atoms with Crippen molar-refractivity contribution in [3.8, 4) is 0 Å². The van der Waals surface area contributed by atoms with Crippen molar-refractivity contribution in [2.24, 2.45) is 0 Å². The van der Waals surface area contributed by atoms with E-state index < -0.39 is 0 Å². The summed E-state index contributed by atoms with van der Waals surface area (Å²) in [6.07, 6.45) is 3.74. The molecule has 54 valence electrons. The smallest absolute Gasteiger partial charge is 0.00236 e. The molecule has 0 rings (SSSR count). The van der Waals surface area contributed by atoms with E-state index in [1.54, 1.807) is 0 Å². The fourth-order valence-corrected chi connectivity index (χ4v) is 1.39. The maximum Gasteiger partial charge on any atom is -0.00236 e. The predicted molar refractivity (Wildman–Crippen MR) is 46.8 cm³/mol. The highest BCUT2D eigenvalue weighted by molar-refractivity contribution is 8.03. The number of hydrogen-bond acceptors (Lipinski definition) is 1. The number of rotatable bonds is 5. The SMILES string of the molecule is C=C(CC)SCCCC. The topological polar surface area (TPSA) is 0 Å². The molecule has 0 saturated heterocycles. The van der Waals surface area contributed by atoms with Crippen molar-refractivity contribution in [3.63, 3.8) is 0 Å². The maximum atomic E-state index is 3.91. The second kappa shape index (κ2) is 6.21. The Morgan fingerprint density at radius 3 is 2.56 bits per heavy atom. The van der Waals surface area contributed by atoms with Gasteiger partial charge in [-0.3, -0.25) is 0 Å². The predicted octanol–water partition coefficient (Wildman–Crippen LogP) is 3.44. The molecule has 1 heteroatoms. The van der Waals surface area contributed by atoms with E-state index in [4.69, 9.17) is 0 Å². The van der Waals surface area contributed by atoms with Gasteiger partial charge in [0.1, 0.15) is 0 Å². The van der Waals surface area contributed by atoms with Crippen molar-refractivity contribution >= 4 is 11.8 Å². The van der Waals surface area contributed by atoms with Gasteiger partial charge in [-0.05, 0) is 23.5 Å². The van der Waals surface area contributed by atoms with E-state index in [1.807, 2.05) is 11.8 Å². The summed E-state index contributed by atoms with van der Waals surface area (Å²) in [4.78, 5) is 1.32. The lowest BCUT2D eigenvalue weighted by atomic mass is 10.4. The van der Waals surface area contributed by atoms with E-state index in [0.29, 0.717) is 0 Å². The number of hydrogen-bond donors (Lipinski definition) is 0. The highest BCUT2D eigenvalue weighted by atomic mass is 32.2. The third kappa shape index (κ3) is 5.97. The van der Waals surface area contributed by atoms with Crippen LogP contribution in [0.4, 0.5) is 0 Å². The monoisotopic (exact) mass is 144 g/mol. The first-order chi connectivity index (χ1) is 4.31. The lowest BCUT2D eigenvalue weighted by Crippen LogP contribution is -1.77. The molecule has 0 aliphatic carbocycles. The molecule has 0 atom stereocenters. The Bertz CT molecular complexity index is 76.6. The standard InChI is InChI=1S/C8H16S/c1-4-6-7-9-8(3)5-2/h3-7H2,1-2H3. The molecule has 0 heterocycles. The van der Waals surface area contributed by atoms with Gasteiger partial charge in [0.2, 0.25) is 0 Å². The molecule has 0 saturated carbocycles. The third-order valence-electron chi connectivity index (χ3n) is 1.20. The van der Waals surface area contributed by atoms with Crippen LogP contribution in [0, 0.1) is 0 Å². The molecule has 9 heavy (non-hydrogen) atoms. The second-order valence-corrected chi connectivity index (χ2v) is 3.37. The summed E-state index contributed by atoms with van der Waals surface area (Å²) in [6.45, 7) is 8.28. The van der Waals surface area contributed by atoms with Gasteiger partial charge in [-0.2, -0.15) is 0 Å². The van der Waals surface area contributed by atoms with E-state index in [-0.39, 0.29) is 0 Å². The van der Waals surface area contributed by atoms with E-state index in [9.17, 15) is 0 Å². The first-order valence-corrected chi connectivity index (χ1v) is 4.60. The fraction of sp³-hybridized carbons (Fsp3) is 0.750. The van der Waals surface area contributed by atoms with Crippen LogP contribution < -0.4 is 0 Å². The van der Waals surface area contributed by atoms with Crippen LogP contribution in [0.2, 0.25) is 0 Å². The lowest BCUT2D eigenvalue weighted by molar-refractivity contribution is 0.897. The molecule has 0 aliphatic heterocycles. The summed E-state index contributed by atoms with van der Waals surface area (Å²) in [5, 5.41) is 0. The molecule has 0 nitrogen and oxygen atoms in total. The Balaban J connectivity index is 2.97. The summed E-state index contributed by atoms with van der Waals surface area (Å²) >= 11 is 1.91. The van der Waals surface area contributed by atoms with Crippen LogP contribution in [-0.2, 0) is 0 Å². The van der Waals surface area contributed by atoms with Gasteiger partial charge in [-0.15, -0.1) is 11.8 Å². The molecular formula is C8H16S. The van der Waals surface area contributed by atoms with Gasteiger partial charge in [0.05, 0.1) is 0 Å². The quantitative estimate of drug-likeness (QED) is 0.533. The van der Waals surface area contributed by atoms with E-state index >= 15 is 0 Å². The van der Waals surface area contributed by atoms with Crippen molar-refractivity contribution in [1.82, 2.24) is 0 Å². The zero-order valence-corrected chi connectivity index (χ0v) is 7.26. The molecule has 0 fully saturated rings. The van der Waals surface area contributed by atoms with E-state index in [0.717, 1.165) is 6.42 Å². The van der Waals surface area contributed by atoms with Crippen LogP contribution in [-0.4, -0.2) is 5.75 Å². The third-order valence-corrected chi connectivity index (χ3v) is 2.39. The summed E-state index contributed by atoms with van der Waals surface area (Å²) < 4.78 is 0. The van der Waals surface area contributed by atoms with Gasteiger partial charge in [-0.25, -0.2) is 0 Å². The summed E-state index contributed by atoms with van der Waals surface area (Å²) in [6, 6.07) is 0. The Labute approximate surface area is 62.7 Å². The Morgan fingerprint density at radius 2 is 2.11 bits per heavy atom. The first kappa shape index (κ1) is 9.09. The van der Waals surface area contributed by atoms with Crippen molar-refractivity contribution in [3.05, 3.63) is 11.5 Å². The van der Waals surface area contributed by atoms with Crippen LogP contribution in [0.15, 0.2) is 11.5 Å². The largest absolute Gasteiger partial charge is 0.131 e. The van der Waals surface area contributed by atoms with E-state index in [1.165, 1.54) is 23.5 Å². The fourth-order valence-electron chi connectivity index (χ4n) is 0.463. The highest BCUT2D eigenvalue weighted by Gasteiger charge is 1.89. The van der Waals surface area contributed by atoms with Crippen LogP contribution >= 0.6 is 11.8 Å². The molecule has 0 unspecified atom stereocenters. The van der Waals surface area contributed by atoms with Gasteiger partial charge in [0.25, 0.3) is 0 Å². The molecule has 0 aromatic carbocycles. The molecular weight excluding hydrogens is 128 g/mol. The Hall–Kier alpha value is 0.0900. The number of thioether (sulfide) groups is 1. The van der Waals surface area contributed by atoms with Crippen LogP contribution in [0.25, 0.3) is 0 Å². The van der Waals surface area contributed by atoms with Crippen LogP contribution in [0.1, 0.15) is 33.1 Å². The maximum absolute atomic E-state index is 3.91. The average Bonchev–Trinajstić information content (AvgIpc) is 1.89. The minimum absolute atomic E-state index is 1.12. The van der Waals surface area contributed by atoms with Gasteiger partial charge >= 0.3 is 0 Å². The van der Waals surface area contributed by atoms with Crippen molar-refractivity contribution in [1.29, 1.82) is 0 Å². The molecule has 0 N–H and O–H groups in total. The Kier molecular flexibility index (Phi) is 6.28. The molecule has 0 amide bonds. The molecule has 0 spiro atoms. The van der Waals surface area contributed by atoms with Gasteiger partial charge in [0, 0.05) is 0 Å². The van der Waals surface area contributed by atoms with Gasteiger partial charge in [0.15, 0.2) is 0 Å². The van der Waals surface area contributed by atoms with Gasteiger partial charge in [-0.1, -0.05) is 26.8 Å². The van der Waals surface area contributed by atoms with Crippen LogP contribution in [0.5, 0.6) is 0 Å². The van der Waals surface area contributed by atoms with Crippen molar-refractivity contribution < 1.29 is 0 Å². The molecule has 0 radical (unpaired) electrons. The molecule has 0 aliphatic rings.